The largest absolute Gasteiger partial charge is 0.331 e. The first-order valence-corrected chi connectivity index (χ1v) is 8.28. The minimum Gasteiger partial charge on any atom is -0.318 e. The zero-order valence-corrected chi connectivity index (χ0v) is 15.0. The van der Waals surface area contributed by atoms with Crippen LogP contribution in [0, 0.1) is 19.7 Å². The molecule has 0 saturated carbocycles. The molecule has 2 heterocycles. The van der Waals surface area contributed by atoms with Crippen molar-refractivity contribution < 1.29 is 18.8 Å². The molecule has 27 heavy (non-hydrogen) atoms. The van der Waals surface area contributed by atoms with Crippen molar-refractivity contribution in [1.29, 1.82) is 0 Å². The lowest BCUT2D eigenvalue weighted by molar-refractivity contribution is -0.129. The summed E-state index contributed by atoms with van der Waals surface area (Å²) in [6.07, 6.45) is 2.87. The molecule has 1 aliphatic heterocycles. The van der Waals surface area contributed by atoms with E-state index < -0.39 is 17.8 Å². The Morgan fingerprint density at radius 2 is 1.81 bits per heavy atom. The third kappa shape index (κ3) is 3.31. The number of hydrogen-bond acceptors (Lipinski definition) is 3. The van der Waals surface area contributed by atoms with Gasteiger partial charge in [-0.2, -0.15) is 0 Å². The number of carbonyl (C=O) groups excluding carboxylic acids is 3. The average molecular weight is 367 g/mol. The lowest BCUT2D eigenvalue weighted by Crippen LogP contribution is -2.54. The molecular weight excluding hydrogens is 349 g/mol. The van der Waals surface area contributed by atoms with Gasteiger partial charge in [-0.15, -0.1) is 6.58 Å². The van der Waals surface area contributed by atoms with Gasteiger partial charge in [-0.05, 0) is 55.8 Å². The van der Waals surface area contributed by atoms with E-state index >= 15 is 0 Å². The third-order valence-corrected chi connectivity index (χ3v) is 4.35. The van der Waals surface area contributed by atoms with Crippen LogP contribution in [0.2, 0.25) is 0 Å². The Morgan fingerprint density at radius 1 is 1.15 bits per heavy atom. The lowest BCUT2D eigenvalue weighted by atomic mass is 10.1. The highest BCUT2D eigenvalue weighted by Gasteiger charge is 2.35. The van der Waals surface area contributed by atoms with Crippen LogP contribution in [-0.2, 0) is 9.59 Å². The highest BCUT2D eigenvalue weighted by Crippen LogP contribution is 2.24. The summed E-state index contributed by atoms with van der Waals surface area (Å²) < 4.78 is 15.1. The van der Waals surface area contributed by atoms with E-state index in [1.807, 2.05) is 24.5 Å². The second-order valence-electron chi connectivity index (χ2n) is 6.16. The second-order valence-corrected chi connectivity index (χ2v) is 6.16. The van der Waals surface area contributed by atoms with Gasteiger partial charge in [0.2, 0.25) is 0 Å². The maximum atomic E-state index is 13.2. The fraction of sp³-hybridized carbons (Fsp3) is 0.150. The van der Waals surface area contributed by atoms with Gasteiger partial charge in [0.05, 0.1) is 0 Å². The normalized spacial score (nSPS) is 16.0. The minimum absolute atomic E-state index is 0.00386. The monoisotopic (exact) mass is 367 g/mol. The van der Waals surface area contributed by atoms with Crippen LogP contribution in [0.3, 0.4) is 0 Å². The van der Waals surface area contributed by atoms with Gasteiger partial charge >= 0.3 is 6.03 Å². The Labute approximate surface area is 155 Å². The number of imide groups is 2. The molecule has 3 rings (SSSR count). The summed E-state index contributed by atoms with van der Waals surface area (Å²) in [5, 5.41) is 2.16. The Balaban J connectivity index is 2.04. The first-order chi connectivity index (χ1) is 12.8. The van der Waals surface area contributed by atoms with E-state index in [0.29, 0.717) is 5.56 Å². The van der Waals surface area contributed by atoms with E-state index in [1.165, 1.54) is 24.3 Å². The Hall–Kier alpha value is -3.48. The molecule has 0 spiro atoms. The molecule has 138 valence electrons. The molecule has 1 saturated heterocycles. The number of aryl methyl sites for hydroxylation is 1. The van der Waals surface area contributed by atoms with E-state index in [2.05, 4.69) is 11.9 Å². The lowest BCUT2D eigenvalue weighted by Gasteiger charge is -2.25. The second kappa shape index (κ2) is 7.03. The van der Waals surface area contributed by atoms with Gasteiger partial charge in [0.1, 0.15) is 11.4 Å². The van der Waals surface area contributed by atoms with Gasteiger partial charge in [0.25, 0.3) is 11.8 Å². The van der Waals surface area contributed by atoms with Crippen molar-refractivity contribution in [2.45, 2.75) is 13.8 Å². The number of urea groups is 1. The number of nitrogens with one attached hydrogen (secondary N) is 1. The number of carbonyl (C=O) groups is 3. The molecule has 6 nitrogen and oxygen atoms in total. The van der Waals surface area contributed by atoms with Crippen molar-refractivity contribution in [3.05, 3.63) is 71.3 Å². The Morgan fingerprint density at radius 3 is 2.44 bits per heavy atom. The fourth-order valence-electron chi connectivity index (χ4n) is 3.07. The number of hydrogen-bond donors (Lipinski definition) is 1. The van der Waals surface area contributed by atoms with Crippen LogP contribution in [-0.4, -0.2) is 33.9 Å². The minimum atomic E-state index is -0.765. The standard InChI is InChI=1S/C20H18FN3O3/c1-4-9-23-19(26)17(18(25)22-20(23)27)11-14-10-12(2)24(13(14)3)16-7-5-15(21)6-8-16/h4-8,10-11H,1,9H2,2-3H3,(H,22,25,27)/b17-11-. The number of barbiturate groups is 1. The molecule has 1 aliphatic rings. The van der Waals surface area contributed by atoms with Crippen molar-refractivity contribution in [1.82, 2.24) is 14.8 Å². The number of aromatic nitrogens is 1. The van der Waals surface area contributed by atoms with Crippen LogP contribution in [0.5, 0.6) is 0 Å². The summed E-state index contributed by atoms with van der Waals surface area (Å²) in [7, 11) is 0. The SMILES string of the molecule is C=CCN1C(=O)NC(=O)/C(=C/c2cc(C)n(-c3ccc(F)cc3)c2C)C1=O. The molecule has 2 aromatic rings. The van der Waals surface area contributed by atoms with Gasteiger partial charge in [-0.25, -0.2) is 9.18 Å². The molecule has 1 N–H and O–H groups in total. The number of rotatable bonds is 4. The Bertz CT molecular complexity index is 987. The van der Waals surface area contributed by atoms with E-state index in [1.54, 1.807) is 12.1 Å². The predicted molar refractivity (Wildman–Crippen MR) is 98.6 cm³/mol. The molecule has 4 amide bonds. The number of nitrogens with zero attached hydrogens (tertiary/aromatic N) is 2. The highest BCUT2D eigenvalue weighted by molar-refractivity contribution is 6.31. The van der Waals surface area contributed by atoms with Gasteiger partial charge in [0.15, 0.2) is 0 Å². The average Bonchev–Trinajstić information content (AvgIpc) is 2.90. The summed E-state index contributed by atoms with van der Waals surface area (Å²) in [6.45, 7) is 7.22. The van der Waals surface area contributed by atoms with E-state index in [0.717, 1.165) is 22.0 Å². The van der Waals surface area contributed by atoms with Crippen LogP contribution in [0.15, 0.2) is 48.6 Å². The van der Waals surface area contributed by atoms with Gasteiger partial charge in [0, 0.05) is 23.6 Å². The molecule has 0 atom stereocenters. The maximum Gasteiger partial charge on any atom is 0.331 e. The zero-order chi connectivity index (χ0) is 19.7. The first kappa shape index (κ1) is 18.3. The summed E-state index contributed by atoms with van der Waals surface area (Å²) >= 11 is 0. The fourth-order valence-corrected chi connectivity index (χ4v) is 3.07. The number of amides is 4. The Kier molecular flexibility index (Phi) is 4.77. The highest BCUT2D eigenvalue weighted by atomic mass is 19.1. The van der Waals surface area contributed by atoms with Gasteiger partial charge < -0.3 is 4.57 Å². The molecular formula is C20H18FN3O3. The first-order valence-electron chi connectivity index (χ1n) is 8.28. The quantitative estimate of drug-likeness (QED) is 0.513. The molecule has 1 aromatic carbocycles. The van der Waals surface area contributed by atoms with Crippen LogP contribution in [0.1, 0.15) is 17.0 Å². The molecule has 1 fully saturated rings. The van der Waals surface area contributed by atoms with Crippen molar-refractivity contribution in [3.8, 4) is 5.69 Å². The van der Waals surface area contributed by atoms with Crippen LogP contribution >= 0.6 is 0 Å². The summed E-state index contributed by atoms with van der Waals surface area (Å²) in [5.74, 6) is -1.74. The topological polar surface area (TPSA) is 71.4 Å². The molecule has 7 heteroatoms. The van der Waals surface area contributed by atoms with Crippen molar-refractivity contribution in [2.24, 2.45) is 0 Å². The number of benzene rings is 1. The van der Waals surface area contributed by atoms with Crippen LogP contribution < -0.4 is 5.32 Å². The van der Waals surface area contributed by atoms with E-state index in [4.69, 9.17) is 0 Å². The van der Waals surface area contributed by atoms with Crippen molar-refractivity contribution in [3.63, 3.8) is 0 Å². The van der Waals surface area contributed by atoms with Crippen molar-refractivity contribution in [2.75, 3.05) is 6.54 Å². The predicted octanol–water partition coefficient (Wildman–Crippen LogP) is 2.88. The third-order valence-electron chi connectivity index (χ3n) is 4.35. The zero-order valence-electron chi connectivity index (χ0n) is 15.0. The smallest absolute Gasteiger partial charge is 0.318 e. The molecule has 1 aromatic heterocycles. The van der Waals surface area contributed by atoms with Crippen molar-refractivity contribution >= 4 is 23.9 Å². The summed E-state index contributed by atoms with van der Waals surface area (Å²) in [4.78, 5) is 37.4. The van der Waals surface area contributed by atoms with Crippen LogP contribution in [0.4, 0.5) is 9.18 Å². The van der Waals surface area contributed by atoms with Gasteiger partial charge in [-0.1, -0.05) is 6.08 Å². The molecule has 0 aliphatic carbocycles. The van der Waals surface area contributed by atoms with Crippen LogP contribution in [0.25, 0.3) is 11.8 Å². The molecule has 0 radical (unpaired) electrons. The van der Waals surface area contributed by atoms with E-state index in [-0.39, 0.29) is 17.9 Å². The maximum absolute atomic E-state index is 13.2. The summed E-state index contributed by atoms with van der Waals surface area (Å²) in [5.41, 5.74) is 2.92. The number of halogens is 1. The van der Waals surface area contributed by atoms with E-state index in [9.17, 15) is 18.8 Å². The molecule has 0 bridgehead atoms. The van der Waals surface area contributed by atoms with Gasteiger partial charge in [-0.3, -0.25) is 19.8 Å². The summed E-state index contributed by atoms with van der Waals surface area (Å²) in [6, 6.07) is 7.08. The molecule has 0 unspecified atom stereocenters.